The van der Waals surface area contributed by atoms with Crippen LogP contribution in [0.2, 0.25) is 0 Å². The van der Waals surface area contributed by atoms with Crippen LogP contribution in [0.1, 0.15) is 27.2 Å². The van der Waals surface area contributed by atoms with E-state index in [0.29, 0.717) is 0 Å². The zero-order chi connectivity index (χ0) is 12.5. The molecule has 0 aliphatic heterocycles. The van der Waals surface area contributed by atoms with Gasteiger partial charge in [-0.3, -0.25) is 0 Å². The molecule has 0 saturated heterocycles. The highest BCUT2D eigenvalue weighted by Gasteiger charge is 2.08. The van der Waals surface area contributed by atoms with Crippen LogP contribution in [-0.2, 0) is 0 Å². The maximum atomic E-state index is 5.86. The summed E-state index contributed by atoms with van der Waals surface area (Å²) in [5, 5.41) is 3.27. The zero-order valence-electron chi connectivity index (χ0n) is 11.0. The molecule has 0 bridgehead atoms. The highest BCUT2D eigenvalue weighted by Crippen LogP contribution is 2.27. The van der Waals surface area contributed by atoms with Gasteiger partial charge in [-0.15, -0.1) is 0 Å². The molecule has 0 heterocycles. The number of para-hydroxylation sites is 2. The Kier molecular flexibility index (Phi) is 6.48. The van der Waals surface area contributed by atoms with Gasteiger partial charge in [0.15, 0.2) is 11.5 Å². The van der Waals surface area contributed by atoms with Crippen molar-refractivity contribution in [3.8, 4) is 11.5 Å². The lowest BCUT2D eigenvalue weighted by Crippen LogP contribution is -2.28. The van der Waals surface area contributed by atoms with Crippen LogP contribution in [0.25, 0.3) is 0 Å². The van der Waals surface area contributed by atoms with E-state index in [1.807, 2.05) is 24.3 Å². The number of benzene rings is 1. The highest BCUT2D eigenvalue weighted by atomic mass is 16.5. The van der Waals surface area contributed by atoms with Crippen LogP contribution in [0.15, 0.2) is 24.3 Å². The molecule has 1 aromatic rings. The van der Waals surface area contributed by atoms with Crippen LogP contribution in [-0.4, -0.2) is 25.8 Å². The molecule has 0 aromatic heterocycles. The maximum Gasteiger partial charge on any atom is 0.161 e. The van der Waals surface area contributed by atoms with Crippen molar-refractivity contribution in [2.24, 2.45) is 0 Å². The molecule has 1 N–H and O–H groups in total. The summed E-state index contributed by atoms with van der Waals surface area (Å²) in [5.74, 6) is 1.66. The Bertz CT molecular complexity index is 315. The average Bonchev–Trinajstić information content (AvgIpc) is 2.35. The van der Waals surface area contributed by atoms with Crippen LogP contribution in [0.5, 0.6) is 11.5 Å². The van der Waals surface area contributed by atoms with Crippen LogP contribution in [0.3, 0.4) is 0 Å². The van der Waals surface area contributed by atoms with Crippen molar-refractivity contribution in [1.29, 1.82) is 0 Å². The van der Waals surface area contributed by atoms with Gasteiger partial charge in [0.25, 0.3) is 0 Å². The molecular weight excluding hydrogens is 214 g/mol. The minimum atomic E-state index is 0.140. The molecule has 3 nitrogen and oxygen atoms in total. The average molecular weight is 237 g/mol. The lowest BCUT2D eigenvalue weighted by atomic mass is 10.3. The minimum Gasteiger partial charge on any atom is -0.490 e. The van der Waals surface area contributed by atoms with E-state index in [1.54, 1.807) is 0 Å². The number of ether oxygens (including phenoxy) is 2. The normalized spacial score (nSPS) is 12.2. The third-order valence-electron chi connectivity index (χ3n) is 2.32. The van der Waals surface area contributed by atoms with E-state index in [9.17, 15) is 0 Å². The fourth-order valence-electron chi connectivity index (χ4n) is 1.48. The van der Waals surface area contributed by atoms with Crippen LogP contribution < -0.4 is 14.8 Å². The van der Waals surface area contributed by atoms with Crippen LogP contribution in [0.4, 0.5) is 0 Å². The van der Waals surface area contributed by atoms with Crippen molar-refractivity contribution in [3.05, 3.63) is 24.3 Å². The third kappa shape index (κ3) is 5.09. The first-order valence-electron chi connectivity index (χ1n) is 6.37. The largest absolute Gasteiger partial charge is 0.490 e. The maximum absolute atomic E-state index is 5.86. The molecule has 96 valence electrons. The fraction of sp³-hybridized carbons (Fsp3) is 0.571. The number of rotatable bonds is 8. The number of hydrogen-bond donors (Lipinski definition) is 1. The van der Waals surface area contributed by atoms with Crippen molar-refractivity contribution in [3.63, 3.8) is 0 Å². The monoisotopic (exact) mass is 237 g/mol. The first-order chi connectivity index (χ1) is 8.27. The molecule has 0 aliphatic rings. The van der Waals surface area contributed by atoms with Crippen molar-refractivity contribution in [1.82, 2.24) is 5.32 Å². The minimum absolute atomic E-state index is 0.140. The molecule has 0 aliphatic carbocycles. The molecule has 1 rings (SSSR count). The second kappa shape index (κ2) is 7.96. The van der Waals surface area contributed by atoms with Gasteiger partial charge in [-0.25, -0.2) is 0 Å². The Morgan fingerprint density at radius 3 is 2.53 bits per heavy atom. The third-order valence-corrected chi connectivity index (χ3v) is 2.32. The summed E-state index contributed by atoms with van der Waals surface area (Å²) in [6.45, 7) is 8.77. The van der Waals surface area contributed by atoms with Gasteiger partial charge in [-0.05, 0) is 32.0 Å². The molecule has 1 atom stereocenters. The summed E-state index contributed by atoms with van der Waals surface area (Å²) >= 11 is 0. The molecule has 0 saturated carbocycles. The molecule has 1 aromatic carbocycles. The second-order valence-electron chi connectivity index (χ2n) is 4.03. The summed E-state index contributed by atoms with van der Waals surface area (Å²) in [6.07, 6.45) is 1.14. The quantitative estimate of drug-likeness (QED) is 0.754. The molecule has 0 fully saturated rings. The Hall–Kier alpha value is -1.22. The Labute approximate surface area is 104 Å². The SMILES string of the molecule is CCCOc1ccccc1OC(C)CNCC. The molecule has 1 unspecified atom stereocenters. The standard InChI is InChI=1S/C14H23NO2/c1-4-10-16-13-8-6-7-9-14(13)17-12(3)11-15-5-2/h6-9,12,15H,4-5,10-11H2,1-3H3. The van der Waals surface area contributed by atoms with Crippen molar-refractivity contribution in [2.75, 3.05) is 19.7 Å². The topological polar surface area (TPSA) is 30.5 Å². The predicted octanol–water partition coefficient (Wildman–Crippen LogP) is 2.85. The number of likely N-dealkylation sites (N-methyl/N-ethyl adjacent to an activating group) is 1. The summed E-state index contributed by atoms with van der Waals surface area (Å²) in [6, 6.07) is 7.83. The first kappa shape index (κ1) is 13.8. The summed E-state index contributed by atoms with van der Waals surface area (Å²) in [7, 11) is 0. The smallest absolute Gasteiger partial charge is 0.161 e. The number of hydrogen-bond acceptors (Lipinski definition) is 3. The van der Waals surface area contributed by atoms with E-state index in [0.717, 1.165) is 37.6 Å². The van der Waals surface area contributed by atoms with Gasteiger partial charge in [0.05, 0.1) is 6.61 Å². The van der Waals surface area contributed by atoms with Crippen molar-refractivity contribution >= 4 is 0 Å². The molecule has 0 amide bonds. The van der Waals surface area contributed by atoms with Gasteiger partial charge in [0, 0.05) is 6.54 Å². The van der Waals surface area contributed by atoms with E-state index < -0.39 is 0 Å². The molecule has 17 heavy (non-hydrogen) atoms. The van der Waals surface area contributed by atoms with E-state index in [-0.39, 0.29) is 6.10 Å². The summed E-state index contributed by atoms with van der Waals surface area (Å²) in [4.78, 5) is 0. The van der Waals surface area contributed by atoms with Gasteiger partial charge in [0.2, 0.25) is 0 Å². The fourth-order valence-corrected chi connectivity index (χ4v) is 1.48. The zero-order valence-corrected chi connectivity index (χ0v) is 11.0. The van der Waals surface area contributed by atoms with Crippen molar-refractivity contribution < 1.29 is 9.47 Å². The van der Waals surface area contributed by atoms with Gasteiger partial charge in [-0.1, -0.05) is 26.0 Å². The lowest BCUT2D eigenvalue weighted by molar-refractivity contribution is 0.202. The molecule has 3 heteroatoms. The lowest BCUT2D eigenvalue weighted by Gasteiger charge is -2.17. The highest BCUT2D eigenvalue weighted by molar-refractivity contribution is 5.39. The van der Waals surface area contributed by atoms with E-state index in [2.05, 4.69) is 26.1 Å². The van der Waals surface area contributed by atoms with Gasteiger partial charge in [-0.2, -0.15) is 0 Å². The van der Waals surface area contributed by atoms with E-state index >= 15 is 0 Å². The second-order valence-corrected chi connectivity index (χ2v) is 4.03. The van der Waals surface area contributed by atoms with Gasteiger partial charge >= 0.3 is 0 Å². The van der Waals surface area contributed by atoms with Crippen LogP contribution in [0, 0.1) is 0 Å². The van der Waals surface area contributed by atoms with Gasteiger partial charge < -0.3 is 14.8 Å². The molecule has 0 radical (unpaired) electrons. The van der Waals surface area contributed by atoms with E-state index in [4.69, 9.17) is 9.47 Å². The Balaban J connectivity index is 2.56. The predicted molar refractivity (Wildman–Crippen MR) is 70.9 cm³/mol. The Morgan fingerprint density at radius 1 is 1.18 bits per heavy atom. The summed E-state index contributed by atoms with van der Waals surface area (Å²) in [5.41, 5.74) is 0. The van der Waals surface area contributed by atoms with Crippen LogP contribution >= 0.6 is 0 Å². The van der Waals surface area contributed by atoms with Gasteiger partial charge in [0.1, 0.15) is 6.10 Å². The summed E-state index contributed by atoms with van der Waals surface area (Å²) < 4.78 is 11.5. The van der Waals surface area contributed by atoms with Crippen molar-refractivity contribution in [2.45, 2.75) is 33.3 Å². The molecule has 0 spiro atoms. The number of nitrogens with one attached hydrogen (secondary N) is 1. The first-order valence-corrected chi connectivity index (χ1v) is 6.37. The molecular formula is C14H23NO2. The Morgan fingerprint density at radius 2 is 1.88 bits per heavy atom. The van der Waals surface area contributed by atoms with E-state index in [1.165, 1.54) is 0 Å².